The van der Waals surface area contributed by atoms with E-state index in [4.69, 9.17) is 4.98 Å². The molecular formula is C37H24N4. The normalized spacial score (nSPS) is 11.4. The first-order valence-corrected chi connectivity index (χ1v) is 13.7. The van der Waals surface area contributed by atoms with Gasteiger partial charge in [-0.2, -0.15) is 4.98 Å². The lowest BCUT2D eigenvalue weighted by Gasteiger charge is -2.11. The molecule has 192 valence electrons. The van der Waals surface area contributed by atoms with Crippen LogP contribution in [0.5, 0.6) is 0 Å². The summed E-state index contributed by atoms with van der Waals surface area (Å²) in [5.41, 5.74) is 7.88. The molecule has 0 bridgehead atoms. The van der Waals surface area contributed by atoms with Gasteiger partial charge < -0.3 is 0 Å². The fraction of sp³-hybridized carbons (Fsp3) is 0. The maximum absolute atomic E-state index is 5.00. The van der Waals surface area contributed by atoms with Crippen molar-refractivity contribution >= 4 is 32.6 Å². The first kappa shape index (κ1) is 23.3. The predicted molar refractivity (Wildman–Crippen MR) is 168 cm³/mol. The Balaban J connectivity index is 1.25. The van der Waals surface area contributed by atoms with Crippen LogP contribution in [0.2, 0.25) is 0 Å². The second kappa shape index (κ2) is 9.54. The number of hydrogen-bond acceptors (Lipinski definition) is 3. The zero-order valence-electron chi connectivity index (χ0n) is 22.1. The van der Waals surface area contributed by atoms with Crippen molar-refractivity contribution < 1.29 is 0 Å². The molecular weight excluding hydrogens is 500 g/mol. The van der Waals surface area contributed by atoms with Gasteiger partial charge in [0.25, 0.3) is 0 Å². The Hall–Kier alpha value is -5.61. The number of para-hydroxylation sites is 1. The highest BCUT2D eigenvalue weighted by atomic mass is 15.2. The molecule has 4 heteroatoms. The van der Waals surface area contributed by atoms with Crippen molar-refractivity contribution in [2.45, 2.75) is 0 Å². The SMILES string of the molecule is c1ccc(-c2ccccc2-c2ccc(-c3ncnc(-n4c5ccccc5c5ccc6ccccc6c54)n3)cc2)cc1. The summed E-state index contributed by atoms with van der Waals surface area (Å²) in [6.45, 7) is 0. The van der Waals surface area contributed by atoms with Crippen molar-refractivity contribution in [3.05, 3.63) is 146 Å². The van der Waals surface area contributed by atoms with E-state index in [9.17, 15) is 0 Å². The quantitative estimate of drug-likeness (QED) is 0.231. The van der Waals surface area contributed by atoms with Gasteiger partial charge in [0, 0.05) is 21.7 Å². The molecule has 0 radical (unpaired) electrons. The van der Waals surface area contributed by atoms with Crippen LogP contribution in [-0.4, -0.2) is 19.5 Å². The lowest BCUT2D eigenvalue weighted by molar-refractivity contribution is 0.948. The molecule has 0 saturated carbocycles. The molecule has 0 atom stereocenters. The summed E-state index contributed by atoms with van der Waals surface area (Å²) < 4.78 is 2.17. The number of rotatable bonds is 4. The average Bonchev–Trinajstić information content (AvgIpc) is 3.40. The van der Waals surface area contributed by atoms with Crippen LogP contribution in [0, 0.1) is 0 Å². The molecule has 0 aliphatic heterocycles. The second-order valence-electron chi connectivity index (χ2n) is 10.1. The Morgan fingerprint density at radius 2 is 1.07 bits per heavy atom. The largest absolute Gasteiger partial charge is 0.277 e. The molecule has 8 rings (SSSR count). The van der Waals surface area contributed by atoms with E-state index in [0.717, 1.165) is 22.2 Å². The highest BCUT2D eigenvalue weighted by Crippen LogP contribution is 2.36. The number of benzene rings is 6. The van der Waals surface area contributed by atoms with Crippen LogP contribution in [0.15, 0.2) is 146 Å². The van der Waals surface area contributed by atoms with Gasteiger partial charge in [0.1, 0.15) is 6.33 Å². The van der Waals surface area contributed by atoms with Gasteiger partial charge in [-0.1, -0.05) is 133 Å². The smallest absolute Gasteiger partial charge is 0.238 e. The summed E-state index contributed by atoms with van der Waals surface area (Å²) in [7, 11) is 0. The number of hydrogen-bond donors (Lipinski definition) is 0. The van der Waals surface area contributed by atoms with Gasteiger partial charge in [-0.3, -0.25) is 4.57 Å². The molecule has 0 aliphatic rings. The van der Waals surface area contributed by atoms with Crippen molar-refractivity contribution in [3.63, 3.8) is 0 Å². The summed E-state index contributed by atoms with van der Waals surface area (Å²) >= 11 is 0. The molecule has 0 N–H and O–H groups in total. The van der Waals surface area contributed by atoms with E-state index in [0.29, 0.717) is 11.8 Å². The summed E-state index contributed by atoms with van der Waals surface area (Å²) in [6, 6.07) is 48.8. The monoisotopic (exact) mass is 524 g/mol. The fourth-order valence-corrected chi connectivity index (χ4v) is 5.88. The van der Waals surface area contributed by atoms with Gasteiger partial charge in [0.05, 0.1) is 11.0 Å². The molecule has 0 amide bonds. The lowest BCUT2D eigenvalue weighted by Crippen LogP contribution is -2.03. The van der Waals surface area contributed by atoms with E-state index in [1.807, 2.05) is 6.07 Å². The Morgan fingerprint density at radius 3 is 1.88 bits per heavy atom. The molecule has 41 heavy (non-hydrogen) atoms. The zero-order valence-corrected chi connectivity index (χ0v) is 22.1. The fourth-order valence-electron chi connectivity index (χ4n) is 5.88. The summed E-state index contributed by atoms with van der Waals surface area (Å²) in [6.07, 6.45) is 1.61. The Labute approximate surface area is 237 Å². The van der Waals surface area contributed by atoms with Crippen molar-refractivity contribution in [1.82, 2.24) is 19.5 Å². The van der Waals surface area contributed by atoms with Crippen LogP contribution in [0.25, 0.3) is 72.2 Å². The predicted octanol–water partition coefficient (Wildman–Crippen LogP) is 9.12. The van der Waals surface area contributed by atoms with Crippen LogP contribution in [-0.2, 0) is 0 Å². The molecule has 6 aromatic carbocycles. The minimum Gasteiger partial charge on any atom is -0.277 e. The average molecular weight is 525 g/mol. The van der Waals surface area contributed by atoms with Crippen LogP contribution in [0.4, 0.5) is 0 Å². The molecule has 4 nitrogen and oxygen atoms in total. The summed E-state index contributed by atoms with van der Waals surface area (Å²) in [4.78, 5) is 14.2. The third kappa shape index (κ3) is 3.88. The van der Waals surface area contributed by atoms with E-state index >= 15 is 0 Å². The first-order chi connectivity index (χ1) is 20.3. The Kier molecular flexibility index (Phi) is 5.42. The van der Waals surface area contributed by atoms with E-state index in [1.165, 1.54) is 38.2 Å². The van der Waals surface area contributed by atoms with E-state index in [1.54, 1.807) is 6.33 Å². The number of nitrogens with zero attached hydrogens (tertiary/aromatic N) is 4. The topological polar surface area (TPSA) is 43.6 Å². The molecule has 0 fully saturated rings. The highest BCUT2D eigenvalue weighted by molar-refractivity contribution is 6.18. The third-order valence-electron chi connectivity index (χ3n) is 7.78. The maximum Gasteiger partial charge on any atom is 0.238 e. The van der Waals surface area contributed by atoms with Gasteiger partial charge in [0.15, 0.2) is 5.82 Å². The van der Waals surface area contributed by atoms with E-state index in [-0.39, 0.29) is 0 Å². The summed E-state index contributed by atoms with van der Waals surface area (Å²) in [5.74, 6) is 1.25. The highest BCUT2D eigenvalue weighted by Gasteiger charge is 2.17. The lowest BCUT2D eigenvalue weighted by atomic mass is 9.94. The van der Waals surface area contributed by atoms with Crippen molar-refractivity contribution in [1.29, 1.82) is 0 Å². The minimum absolute atomic E-state index is 0.607. The molecule has 0 spiro atoms. The second-order valence-corrected chi connectivity index (χ2v) is 10.1. The van der Waals surface area contributed by atoms with Gasteiger partial charge in [-0.15, -0.1) is 0 Å². The van der Waals surface area contributed by atoms with Crippen molar-refractivity contribution in [3.8, 4) is 39.6 Å². The minimum atomic E-state index is 0.607. The Morgan fingerprint density at radius 1 is 0.439 bits per heavy atom. The Bertz CT molecular complexity index is 2200. The van der Waals surface area contributed by atoms with Crippen LogP contribution < -0.4 is 0 Å². The van der Waals surface area contributed by atoms with E-state index < -0.39 is 0 Å². The van der Waals surface area contributed by atoms with Crippen LogP contribution in [0.1, 0.15) is 0 Å². The third-order valence-corrected chi connectivity index (χ3v) is 7.78. The van der Waals surface area contributed by atoms with E-state index in [2.05, 4.69) is 148 Å². The molecule has 0 saturated heterocycles. The van der Waals surface area contributed by atoms with Gasteiger partial charge >= 0.3 is 0 Å². The standard InChI is InChI=1S/C37H24N4/c1-2-10-25(11-3-1)29-13-6-7-14-30(29)27-18-20-28(21-19-27)36-38-24-39-37(40-36)41-34-17-9-8-16-32(34)33-23-22-26-12-4-5-15-31(26)35(33)41/h1-24H. The number of aromatic nitrogens is 4. The molecule has 0 unspecified atom stereocenters. The van der Waals surface area contributed by atoms with Crippen LogP contribution in [0.3, 0.4) is 0 Å². The van der Waals surface area contributed by atoms with Crippen molar-refractivity contribution in [2.75, 3.05) is 0 Å². The molecule has 2 aromatic heterocycles. The summed E-state index contributed by atoms with van der Waals surface area (Å²) in [5, 5.41) is 4.72. The first-order valence-electron chi connectivity index (χ1n) is 13.7. The maximum atomic E-state index is 5.00. The van der Waals surface area contributed by atoms with Crippen LogP contribution >= 0.6 is 0 Å². The van der Waals surface area contributed by atoms with Crippen molar-refractivity contribution in [2.24, 2.45) is 0 Å². The molecule has 8 aromatic rings. The number of fused-ring (bicyclic) bond motifs is 5. The van der Waals surface area contributed by atoms with Gasteiger partial charge in [-0.25, -0.2) is 9.97 Å². The van der Waals surface area contributed by atoms with Gasteiger partial charge in [-0.05, 0) is 33.7 Å². The zero-order chi connectivity index (χ0) is 27.2. The molecule has 2 heterocycles. The molecule has 0 aliphatic carbocycles. The van der Waals surface area contributed by atoms with Gasteiger partial charge in [0.2, 0.25) is 5.95 Å².